The van der Waals surface area contributed by atoms with Gasteiger partial charge in [-0.25, -0.2) is 4.98 Å². The zero-order chi connectivity index (χ0) is 13.8. The molecule has 18 heavy (non-hydrogen) atoms. The Morgan fingerprint density at radius 3 is 2.78 bits per heavy atom. The number of anilines is 1. The van der Waals surface area contributed by atoms with E-state index >= 15 is 0 Å². The summed E-state index contributed by atoms with van der Waals surface area (Å²) in [7, 11) is 0. The second-order valence-electron chi connectivity index (χ2n) is 3.45. The Bertz CT molecular complexity index is 417. The molecule has 0 aliphatic carbocycles. The molecule has 0 atom stereocenters. The molecule has 1 aromatic rings. The van der Waals surface area contributed by atoms with Crippen LogP contribution >= 0.6 is 11.6 Å². The van der Waals surface area contributed by atoms with E-state index in [0.29, 0.717) is 5.56 Å². The lowest BCUT2D eigenvalue weighted by Gasteiger charge is -2.10. The minimum atomic E-state index is -4.46. The summed E-state index contributed by atoms with van der Waals surface area (Å²) in [6.07, 6.45) is -3.00. The van der Waals surface area contributed by atoms with Gasteiger partial charge in [0.05, 0.1) is 5.69 Å². The summed E-state index contributed by atoms with van der Waals surface area (Å²) in [4.78, 5) is 15.1. The van der Waals surface area contributed by atoms with Gasteiger partial charge in [-0.1, -0.05) is 11.6 Å². The molecule has 0 aliphatic heterocycles. The molecule has 0 fully saturated rings. The summed E-state index contributed by atoms with van der Waals surface area (Å²) < 4.78 is 39.5. The van der Waals surface area contributed by atoms with Gasteiger partial charge in [-0.3, -0.25) is 4.79 Å². The molecule has 0 unspecified atom stereocenters. The van der Waals surface area contributed by atoms with Crippen LogP contribution in [0, 0.1) is 6.92 Å². The van der Waals surface area contributed by atoms with Crippen LogP contribution in [-0.2, 0) is 9.53 Å². The quantitative estimate of drug-likeness (QED) is 0.864. The van der Waals surface area contributed by atoms with Gasteiger partial charge in [0, 0.05) is 6.20 Å². The second-order valence-corrected chi connectivity index (χ2v) is 3.81. The molecule has 1 heterocycles. The largest absolute Gasteiger partial charge is 0.411 e. The second kappa shape index (κ2) is 6.01. The first-order valence-corrected chi connectivity index (χ1v) is 5.23. The maximum Gasteiger partial charge on any atom is 0.411 e. The maximum atomic E-state index is 11.8. The number of pyridine rings is 1. The van der Waals surface area contributed by atoms with Gasteiger partial charge >= 0.3 is 6.18 Å². The van der Waals surface area contributed by atoms with E-state index in [-0.39, 0.29) is 10.8 Å². The summed E-state index contributed by atoms with van der Waals surface area (Å²) >= 11 is 5.73. The normalized spacial score (nSPS) is 11.4. The molecular formula is C10H10ClF3N2O2. The van der Waals surface area contributed by atoms with Crippen LogP contribution in [0.25, 0.3) is 0 Å². The zero-order valence-electron chi connectivity index (χ0n) is 9.34. The molecule has 100 valence electrons. The summed E-state index contributed by atoms with van der Waals surface area (Å²) in [6, 6.07) is 1.61. The monoisotopic (exact) mass is 282 g/mol. The molecule has 0 radical (unpaired) electrons. The minimum absolute atomic E-state index is 0.0687. The van der Waals surface area contributed by atoms with Crippen LogP contribution in [-0.4, -0.2) is 30.3 Å². The number of carbonyl (C=O) groups is 1. The van der Waals surface area contributed by atoms with Gasteiger partial charge in [-0.15, -0.1) is 0 Å². The van der Waals surface area contributed by atoms with E-state index in [1.165, 1.54) is 6.20 Å². The van der Waals surface area contributed by atoms with Crippen LogP contribution in [0.2, 0.25) is 5.15 Å². The van der Waals surface area contributed by atoms with Crippen LogP contribution in [0.3, 0.4) is 0 Å². The molecule has 1 amide bonds. The topological polar surface area (TPSA) is 51.2 Å². The lowest BCUT2D eigenvalue weighted by Crippen LogP contribution is -2.24. The van der Waals surface area contributed by atoms with Crippen LogP contribution in [0.4, 0.5) is 18.9 Å². The summed E-state index contributed by atoms with van der Waals surface area (Å²) in [5.41, 5.74) is 0.916. The van der Waals surface area contributed by atoms with Crippen molar-refractivity contribution in [1.29, 1.82) is 0 Å². The van der Waals surface area contributed by atoms with Gasteiger partial charge in [-0.05, 0) is 18.6 Å². The first-order chi connectivity index (χ1) is 8.29. The summed E-state index contributed by atoms with van der Waals surface area (Å²) in [5.74, 6) is -0.725. The molecule has 8 heteroatoms. The molecule has 1 aromatic heterocycles. The highest BCUT2D eigenvalue weighted by molar-refractivity contribution is 6.32. The summed E-state index contributed by atoms with van der Waals surface area (Å²) in [5, 5.41) is 2.41. The fourth-order valence-electron chi connectivity index (χ4n) is 1.11. The molecule has 1 rings (SSSR count). The van der Waals surface area contributed by atoms with Crippen molar-refractivity contribution in [3.05, 3.63) is 23.0 Å². The Hall–Kier alpha value is -1.34. The van der Waals surface area contributed by atoms with E-state index in [2.05, 4.69) is 15.0 Å². The molecule has 0 aromatic carbocycles. The number of hydrogen-bond donors (Lipinski definition) is 1. The van der Waals surface area contributed by atoms with E-state index in [9.17, 15) is 18.0 Å². The third-order valence-electron chi connectivity index (χ3n) is 1.88. The van der Waals surface area contributed by atoms with Crippen molar-refractivity contribution in [3.8, 4) is 0 Å². The lowest BCUT2D eigenvalue weighted by atomic mass is 10.2. The predicted molar refractivity (Wildman–Crippen MR) is 59.5 cm³/mol. The average molecular weight is 283 g/mol. The van der Waals surface area contributed by atoms with Crippen molar-refractivity contribution >= 4 is 23.2 Å². The highest BCUT2D eigenvalue weighted by Gasteiger charge is 2.27. The number of hydrogen-bond acceptors (Lipinski definition) is 3. The van der Waals surface area contributed by atoms with Crippen LogP contribution in [0.5, 0.6) is 0 Å². The lowest BCUT2D eigenvalue weighted by molar-refractivity contribution is -0.174. The highest BCUT2D eigenvalue weighted by atomic mass is 35.5. The van der Waals surface area contributed by atoms with E-state index in [1.54, 1.807) is 13.0 Å². The standard InChI is InChI=1S/C10H10ClF3N2O2/c1-6-2-3-15-9(11)8(6)16-7(17)4-18-5-10(12,13)14/h2-3H,4-5H2,1H3,(H,16,17). The molecule has 1 N–H and O–H groups in total. The molecule has 0 aliphatic rings. The van der Waals surface area contributed by atoms with E-state index in [1.807, 2.05) is 0 Å². The molecule has 0 saturated heterocycles. The van der Waals surface area contributed by atoms with Gasteiger partial charge in [-0.2, -0.15) is 13.2 Å². The highest BCUT2D eigenvalue weighted by Crippen LogP contribution is 2.22. The Labute approximate surface area is 106 Å². The Balaban J connectivity index is 2.50. The number of ether oxygens (including phenoxy) is 1. The Morgan fingerprint density at radius 2 is 2.22 bits per heavy atom. The van der Waals surface area contributed by atoms with Crippen molar-refractivity contribution in [2.75, 3.05) is 18.5 Å². The number of alkyl halides is 3. The van der Waals surface area contributed by atoms with Crippen LogP contribution in [0.1, 0.15) is 5.56 Å². The number of halogens is 4. The molecule has 4 nitrogen and oxygen atoms in total. The van der Waals surface area contributed by atoms with Gasteiger partial charge in [0.25, 0.3) is 0 Å². The molecular weight excluding hydrogens is 273 g/mol. The van der Waals surface area contributed by atoms with Crippen molar-refractivity contribution in [1.82, 2.24) is 4.98 Å². The zero-order valence-corrected chi connectivity index (χ0v) is 10.1. The first-order valence-electron chi connectivity index (χ1n) is 4.85. The predicted octanol–water partition coefficient (Wildman–Crippen LogP) is 2.56. The Kier molecular flexibility index (Phi) is 4.92. The average Bonchev–Trinajstić information content (AvgIpc) is 2.22. The van der Waals surface area contributed by atoms with Crippen molar-refractivity contribution in [3.63, 3.8) is 0 Å². The first kappa shape index (κ1) is 14.7. The van der Waals surface area contributed by atoms with Crippen molar-refractivity contribution in [2.45, 2.75) is 13.1 Å². The fraction of sp³-hybridized carbons (Fsp3) is 0.400. The number of aromatic nitrogens is 1. The third-order valence-corrected chi connectivity index (χ3v) is 2.16. The molecule has 0 saturated carbocycles. The maximum absolute atomic E-state index is 11.8. The van der Waals surface area contributed by atoms with Crippen molar-refractivity contribution < 1.29 is 22.7 Å². The van der Waals surface area contributed by atoms with Crippen LogP contribution < -0.4 is 5.32 Å². The number of rotatable bonds is 4. The van der Waals surface area contributed by atoms with Gasteiger partial charge in [0.15, 0.2) is 5.15 Å². The fourth-order valence-corrected chi connectivity index (χ4v) is 1.36. The van der Waals surface area contributed by atoms with Crippen LogP contribution in [0.15, 0.2) is 12.3 Å². The smallest absolute Gasteiger partial charge is 0.362 e. The van der Waals surface area contributed by atoms with E-state index < -0.39 is 25.3 Å². The number of carbonyl (C=O) groups excluding carboxylic acids is 1. The Morgan fingerprint density at radius 1 is 1.56 bits per heavy atom. The van der Waals surface area contributed by atoms with E-state index in [4.69, 9.17) is 11.6 Å². The SMILES string of the molecule is Cc1ccnc(Cl)c1NC(=O)COCC(F)(F)F. The van der Waals surface area contributed by atoms with Gasteiger partial charge in [0.1, 0.15) is 13.2 Å². The number of aryl methyl sites for hydroxylation is 1. The molecule has 0 spiro atoms. The minimum Gasteiger partial charge on any atom is -0.362 e. The van der Waals surface area contributed by atoms with Gasteiger partial charge in [0.2, 0.25) is 5.91 Å². The number of nitrogens with one attached hydrogen (secondary N) is 1. The van der Waals surface area contributed by atoms with Gasteiger partial charge < -0.3 is 10.1 Å². The summed E-state index contributed by atoms with van der Waals surface area (Å²) in [6.45, 7) is -0.496. The number of nitrogens with zero attached hydrogens (tertiary/aromatic N) is 1. The number of amides is 1. The molecule has 0 bridgehead atoms. The third kappa shape index (κ3) is 4.89. The van der Waals surface area contributed by atoms with Crippen molar-refractivity contribution in [2.24, 2.45) is 0 Å². The van der Waals surface area contributed by atoms with E-state index in [0.717, 1.165) is 0 Å².